The lowest BCUT2D eigenvalue weighted by Crippen LogP contribution is -2.16. The van der Waals surface area contributed by atoms with Crippen LogP contribution in [0.3, 0.4) is 0 Å². The summed E-state index contributed by atoms with van der Waals surface area (Å²) < 4.78 is 1.17. The molecule has 0 amide bonds. The molecular formula is C15H20Br2. The van der Waals surface area contributed by atoms with Gasteiger partial charge < -0.3 is 0 Å². The highest BCUT2D eigenvalue weighted by atomic mass is 79.9. The Hall–Kier alpha value is 0.180. The van der Waals surface area contributed by atoms with Gasteiger partial charge >= 0.3 is 0 Å². The molecule has 0 nitrogen and oxygen atoms in total. The summed E-state index contributed by atoms with van der Waals surface area (Å²) in [6.07, 6.45) is 9.71. The molecule has 1 aromatic carbocycles. The lowest BCUT2D eigenvalue weighted by atomic mass is 9.93. The Labute approximate surface area is 121 Å². The third-order valence-corrected chi connectivity index (χ3v) is 5.36. The molecule has 1 aliphatic carbocycles. The van der Waals surface area contributed by atoms with Crippen molar-refractivity contribution in [2.24, 2.45) is 5.92 Å². The van der Waals surface area contributed by atoms with Crippen molar-refractivity contribution in [3.63, 3.8) is 0 Å². The van der Waals surface area contributed by atoms with Gasteiger partial charge in [-0.15, -0.1) is 0 Å². The van der Waals surface area contributed by atoms with Crippen molar-refractivity contribution in [3.05, 3.63) is 34.3 Å². The Kier molecular flexibility index (Phi) is 5.55. The van der Waals surface area contributed by atoms with Crippen molar-refractivity contribution in [1.82, 2.24) is 0 Å². The molecule has 0 spiro atoms. The van der Waals surface area contributed by atoms with Crippen molar-refractivity contribution in [2.75, 3.05) is 0 Å². The fraction of sp³-hybridized carbons (Fsp3) is 0.600. The summed E-state index contributed by atoms with van der Waals surface area (Å²) in [5.41, 5.74) is 1.44. The molecular weight excluding hydrogens is 340 g/mol. The molecule has 1 saturated carbocycles. The van der Waals surface area contributed by atoms with Crippen LogP contribution >= 0.6 is 31.9 Å². The zero-order valence-corrected chi connectivity index (χ0v) is 13.3. The van der Waals surface area contributed by atoms with Gasteiger partial charge in [0.1, 0.15) is 0 Å². The van der Waals surface area contributed by atoms with Gasteiger partial charge in [0.2, 0.25) is 0 Å². The Morgan fingerprint density at radius 1 is 1.00 bits per heavy atom. The number of hydrogen-bond acceptors (Lipinski definition) is 0. The summed E-state index contributed by atoms with van der Waals surface area (Å²) in [5, 5.41) is 0. The normalized spacial score (nSPS) is 19.9. The van der Waals surface area contributed by atoms with Gasteiger partial charge in [0, 0.05) is 9.30 Å². The fourth-order valence-corrected chi connectivity index (χ4v) is 3.85. The van der Waals surface area contributed by atoms with E-state index in [-0.39, 0.29) is 0 Å². The Balaban J connectivity index is 1.90. The molecule has 0 heterocycles. The van der Waals surface area contributed by atoms with Crippen LogP contribution in [-0.2, 0) is 6.42 Å². The molecule has 1 atom stereocenters. The van der Waals surface area contributed by atoms with Crippen molar-refractivity contribution >= 4 is 31.9 Å². The van der Waals surface area contributed by atoms with Crippen LogP contribution in [0.5, 0.6) is 0 Å². The lowest BCUT2D eigenvalue weighted by molar-refractivity contribution is 0.445. The molecule has 1 aliphatic rings. The monoisotopic (exact) mass is 358 g/mol. The second-order valence-corrected chi connectivity index (χ2v) is 7.19. The highest BCUT2D eigenvalue weighted by Gasteiger charge is 2.20. The smallest absolute Gasteiger partial charge is 0.0214 e. The lowest BCUT2D eigenvalue weighted by Gasteiger charge is -2.20. The van der Waals surface area contributed by atoms with Gasteiger partial charge in [-0.2, -0.15) is 0 Å². The van der Waals surface area contributed by atoms with Crippen LogP contribution in [0, 0.1) is 5.92 Å². The maximum atomic E-state index is 3.92. The first-order valence-corrected chi connectivity index (χ1v) is 8.35. The van der Waals surface area contributed by atoms with Gasteiger partial charge in [-0.25, -0.2) is 0 Å². The first-order valence-electron chi connectivity index (χ1n) is 6.64. The molecule has 2 heteroatoms. The minimum atomic E-state index is 0.654. The summed E-state index contributed by atoms with van der Waals surface area (Å²) in [6, 6.07) is 8.74. The van der Waals surface area contributed by atoms with Crippen molar-refractivity contribution in [1.29, 1.82) is 0 Å². The minimum Gasteiger partial charge on any atom is -0.0884 e. The summed E-state index contributed by atoms with van der Waals surface area (Å²) in [5.74, 6) is 0.876. The molecule has 1 aromatic rings. The van der Waals surface area contributed by atoms with Gasteiger partial charge in [-0.05, 0) is 42.9 Å². The Bertz CT molecular complexity index is 323. The number of halogens is 2. The van der Waals surface area contributed by atoms with Crippen LogP contribution in [0.2, 0.25) is 0 Å². The summed E-state index contributed by atoms with van der Waals surface area (Å²) in [4.78, 5) is 0.654. The third kappa shape index (κ3) is 4.40. The predicted molar refractivity (Wildman–Crippen MR) is 81.8 cm³/mol. The molecule has 0 saturated heterocycles. The van der Waals surface area contributed by atoms with Crippen LogP contribution in [-0.4, -0.2) is 4.83 Å². The van der Waals surface area contributed by atoms with Gasteiger partial charge in [-0.1, -0.05) is 69.7 Å². The SMILES string of the molecule is Brc1ccc(CC(Br)C2CCCCCC2)cc1. The minimum absolute atomic E-state index is 0.654. The third-order valence-electron chi connectivity index (χ3n) is 3.76. The van der Waals surface area contributed by atoms with Crippen LogP contribution < -0.4 is 0 Å². The molecule has 94 valence electrons. The number of benzene rings is 1. The van der Waals surface area contributed by atoms with Gasteiger partial charge in [0.15, 0.2) is 0 Å². The molecule has 1 unspecified atom stereocenters. The molecule has 0 bridgehead atoms. The predicted octanol–water partition coefficient (Wildman–Crippen LogP) is 5.73. The van der Waals surface area contributed by atoms with Crippen LogP contribution in [0.4, 0.5) is 0 Å². The van der Waals surface area contributed by atoms with Crippen molar-refractivity contribution in [3.8, 4) is 0 Å². The first kappa shape index (κ1) is 13.6. The quantitative estimate of drug-likeness (QED) is 0.477. The zero-order chi connectivity index (χ0) is 12.1. The highest BCUT2D eigenvalue weighted by molar-refractivity contribution is 9.10. The van der Waals surface area contributed by atoms with E-state index in [9.17, 15) is 0 Å². The molecule has 0 radical (unpaired) electrons. The Morgan fingerprint density at radius 3 is 2.18 bits per heavy atom. The summed E-state index contributed by atoms with van der Waals surface area (Å²) in [6.45, 7) is 0. The number of rotatable bonds is 3. The maximum Gasteiger partial charge on any atom is 0.0214 e. The average molecular weight is 360 g/mol. The second kappa shape index (κ2) is 6.94. The van der Waals surface area contributed by atoms with E-state index in [0.29, 0.717) is 4.83 Å². The average Bonchev–Trinajstić information content (AvgIpc) is 2.61. The van der Waals surface area contributed by atoms with E-state index in [1.165, 1.54) is 48.6 Å². The second-order valence-electron chi connectivity index (χ2n) is 5.10. The van der Waals surface area contributed by atoms with E-state index >= 15 is 0 Å². The van der Waals surface area contributed by atoms with Crippen molar-refractivity contribution < 1.29 is 0 Å². The van der Waals surface area contributed by atoms with E-state index in [4.69, 9.17) is 0 Å². The van der Waals surface area contributed by atoms with E-state index in [0.717, 1.165) is 12.3 Å². The number of alkyl halides is 1. The standard InChI is InChI=1S/C15H20Br2/c16-14-9-7-12(8-10-14)11-15(17)13-5-3-1-2-4-6-13/h7-10,13,15H,1-6,11H2. The topological polar surface area (TPSA) is 0 Å². The zero-order valence-electron chi connectivity index (χ0n) is 10.2. The Morgan fingerprint density at radius 2 is 1.59 bits per heavy atom. The molecule has 1 fully saturated rings. The summed E-state index contributed by atoms with van der Waals surface area (Å²) >= 11 is 7.40. The maximum absolute atomic E-state index is 3.92. The summed E-state index contributed by atoms with van der Waals surface area (Å²) in [7, 11) is 0. The molecule has 2 rings (SSSR count). The molecule has 17 heavy (non-hydrogen) atoms. The van der Waals surface area contributed by atoms with Crippen LogP contribution in [0.25, 0.3) is 0 Å². The van der Waals surface area contributed by atoms with Crippen LogP contribution in [0.15, 0.2) is 28.7 Å². The molecule has 0 aliphatic heterocycles. The van der Waals surface area contributed by atoms with Crippen molar-refractivity contribution in [2.45, 2.75) is 49.8 Å². The number of hydrogen-bond donors (Lipinski definition) is 0. The van der Waals surface area contributed by atoms with Gasteiger partial charge in [-0.3, -0.25) is 0 Å². The van der Waals surface area contributed by atoms with E-state index in [2.05, 4.69) is 56.1 Å². The largest absolute Gasteiger partial charge is 0.0884 e. The fourth-order valence-electron chi connectivity index (χ4n) is 2.68. The van der Waals surface area contributed by atoms with E-state index in [1.54, 1.807) is 0 Å². The molecule has 0 N–H and O–H groups in total. The van der Waals surface area contributed by atoms with Gasteiger partial charge in [0.25, 0.3) is 0 Å². The van der Waals surface area contributed by atoms with E-state index in [1.807, 2.05) is 0 Å². The van der Waals surface area contributed by atoms with Crippen LogP contribution in [0.1, 0.15) is 44.1 Å². The molecule has 0 aromatic heterocycles. The van der Waals surface area contributed by atoms with E-state index < -0.39 is 0 Å². The highest BCUT2D eigenvalue weighted by Crippen LogP contribution is 2.31. The van der Waals surface area contributed by atoms with Gasteiger partial charge in [0.05, 0.1) is 0 Å². The first-order chi connectivity index (χ1) is 8.25.